The van der Waals surface area contributed by atoms with Gasteiger partial charge in [0.1, 0.15) is 12.4 Å². The Balaban J connectivity index is 1.85. The summed E-state index contributed by atoms with van der Waals surface area (Å²) in [6.07, 6.45) is 4.74. The van der Waals surface area contributed by atoms with Crippen molar-refractivity contribution in [1.29, 1.82) is 0 Å². The fourth-order valence-electron chi connectivity index (χ4n) is 2.42. The van der Waals surface area contributed by atoms with Crippen LogP contribution in [0, 0.1) is 0 Å². The number of hydrogen-bond acceptors (Lipinski definition) is 4. The van der Waals surface area contributed by atoms with Gasteiger partial charge in [-0.2, -0.15) is 0 Å². The summed E-state index contributed by atoms with van der Waals surface area (Å²) in [7, 11) is 0. The van der Waals surface area contributed by atoms with Crippen molar-refractivity contribution in [3.63, 3.8) is 0 Å². The second-order valence-electron chi connectivity index (χ2n) is 5.09. The smallest absolute Gasteiger partial charge is 0.246 e. The van der Waals surface area contributed by atoms with Crippen LogP contribution in [-0.2, 0) is 17.8 Å². The lowest BCUT2D eigenvalue weighted by molar-refractivity contribution is -0.116. The fourth-order valence-corrected chi connectivity index (χ4v) is 2.96. The summed E-state index contributed by atoms with van der Waals surface area (Å²) < 4.78 is 2.01. The van der Waals surface area contributed by atoms with Crippen molar-refractivity contribution in [1.82, 2.24) is 14.5 Å². The number of unbranched alkanes of at least 4 members (excludes halogenated alkanes) is 1. The van der Waals surface area contributed by atoms with Gasteiger partial charge in [-0.05, 0) is 18.6 Å². The van der Waals surface area contributed by atoms with Gasteiger partial charge in [0, 0.05) is 18.0 Å². The Morgan fingerprint density at radius 1 is 1.36 bits per heavy atom. The lowest BCUT2D eigenvalue weighted by atomic mass is 10.2. The van der Waals surface area contributed by atoms with Crippen molar-refractivity contribution in [3.8, 4) is 0 Å². The van der Waals surface area contributed by atoms with E-state index in [9.17, 15) is 4.79 Å². The van der Waals surface area contributed by atoms with Gasteiger partial charge in [-0.25, -0.2) is 9.97 Å². The molecule has 2 aromatic heterocycles. The number of aryl methyl sites for hydroxylation is 1. The topological polar surface area (TPSA) is 59.8 Å². The highest BCUT2D eigenvalue weighted by atomic mass is 32.1. The zero-order valence-corrected chi connectivity index (χ0v) is 13.3. The molecule has 0 aliphatic carbocycles. The number of anilines is 1. The summed E-state index contributed by atoms with van der Waals surface area (Å²) in [5.74, 6) is 0.896. The van der Waals surface area contributed by atoms with Crippen LogP contribution in [0.4, 0.5) is 5.13 Å². The van der Waals surface area contributed by atoms with Gasteiger partial charge in [-0.1, -0.05) is 25.5 Å². The lowest BCUT2D eigenvalue weighted by Gasteiger charge is -2.08. The van der Waals surface area contributed by atoms with Crippen LogP contribution in [0.5, 0.6) is 0 Å². The summed E-state index contributed by atoms with van der Waals surface area (Å²) in [5.41, 5.74) is 1.94. The Kier molecular flexibility index (Phi) is 4.48. The molecule has 1 N–H and O–H groups in total. The number of imidazole rings is 1. The number of carbonyl (C=O) groups excluding carboxylic acids is 1. The first-order chi connectivity index (χ1) is 10.8. The molecule has 114 valence electrons. The van der Waals surface area contributed by atoms with Gasteiger partial charge in [-0.15, -0.1) is 11.3 Å². The summed E-state index contributed by atoms with van der Waals surface area (Å²) in [5, 5.41) is 5.30. The first kappa shape index (κ1) is 14.7. The first-order valence-electron chi connectivity index (χ1n) is 7.41. The van der Waals surface area contributed by atoms with Crippen LogP contribution < -0.4 is 5.32 Å². The molecule has 0 bridgehead atoms. The molecular weight excluding hydrogens is 296 g/mol. The molecule has 0 saturated heterocycles. The molecule has 2 heterocycles. The molecule has 0 fully saturated rings. The molecule has 5 nitrogen and oxygen atoms in total. The number of rotatable bonds is 6. The Bertz CT molecular complexity index is 764. The molecule has 0 atom stereocenters. The van der Waals surface area contributed by atoms with Gasteiger partial charge in [0.05, 0.1) is 11.0 Å². The molecule has 3 rings (SSSR count). The monoisotopic (exact) mass is 314 g/mol. The van der Waals surface area contributed by atoms with Gasteiger partial charge in [0.2, 0.25) is 5.91 Å². The molecule has 6 heteroatoms. The molecule has 0 aliphatic rings. The average molecular weight is 314 g/mol. The number of nitrogens with one attached hydrogen (secondary N) is 1. The van der Waals surface area contributed by atoms with Crippen LogP contribution >= 0.6 is 11.3 Å². The molecule has 1 amide bonds. The number of thiazole rings is 1. The van der Waals surface area contributed by atoms with E-state index < -0.39 is 0 Å². The number of benzene rings is 1. The minimum absolute atomic E-state index is 0.0733. The predicted molar refractivity (Wildman–Crippen MR) is 89.1 cm³/mol. The highest BCUT2D eigenvalue weighted by Gasteiger charge is 2.13. The Morgan fingerprint density at radius 2 is 2.23 bits per heavy atom. The fraction of sp³-hybridized carbons (Fsp3) is 0.312. The van der Waals surface area contributed by atoms with Crippen LogP contribution in [0.25, 0.3) is 11.0 Å². The normalized spacial score (nSPS) is 11.0. The van der Waals surface area contributed by atoms with Gasteiger partial charge < -0.3 is 9.88 Å². The Hall–Kier alpha value is -2.21. The minimum atomic E-state index is -0.0733. The third-order valence-corrected chi connectivity index (χ3v) is 4.16. The molecule has 0 saturated carbocycles. The molecule has 22 heavy (non-hydrogen) atoms. The predicted octanol–water partition coefficient (Wildman–Crippen LogP) is 3.47. The van der Waals surface area contributed by atoms with Crippen molar-refractivity contribution in [3.05, 3.63) is 41.7 Å². The van der Waals surface area contributed by atoms with Crippen LogP contribution in [0.15, 0.2) is 35.8 Å². The van der Waals surface area contributed by atoms with Crippen molar-refractivity contribution < 1.29 is 4.79 Å². The molecule has 0 aliphatic heterocycles. The second kappa shape index (κ2) is 6.70. The zero-order chi connectivity index (χ0) is 15.4. The zero-order valence-electron chi connectivity index (χ0n) is 12.5. The summed E-state index contributed by atoms with van der Waals surface area (Å²) in [6.45, 7) is 2.42. The first-order valence-corrected chi connectivity index (χ1v) is 8.29. The van der Waals surface area contributed by atoms with E-state index in [1.165, 1.54) is 11.3 Å². The SMILES string of the molecule is CCCCc1nc2ccccc2n1CC(=O)Nc1nccs1. The van der Waals surface area contributed by atoms with Crippen LogP contribution in [0.2, 0.25) is 0 Å². The van der Waals surface area contributed by atoms with Crippen molar-refractivity contribution >= 4 is 33.4 Å². The molecule has 0 spiro atoms. The van der Waals surface area contributed by atoms with E-state index in [4.69, 9.17) is 0 Å². The highest BCUT2D eigenvalue weighted by Crippen LogP contribution is 2.18. The van der Waals surface area contributed by atoms with Crippen LogP contribution in [0.1, 0.15) is 25.6 Å². The van der Waals surface area contributed by atoms with Crippen molar-refractivity contribution in [2.75, 3.05) is 5.32 Å². The number of hydrogen-bond donors (Lipinski definition) is 1. The average Bonchev–Trinajstić information content (AvgIpc) is 3.14. The second-order valence-corrected chi connectivity index (χ2v) is 5.99. The van der Waals surface area contributed by atoms with E-state index >= 15 is 0 Å². The van der Waals surface area contributed by atoms with E-state index in [1.807, 2.05) is 34.2 Å². The standard InChI is InChI=1S/C16H18N4OS/c1-2-3-8-14-18-12-6-4-5-7-13(12)20(14)11-15(21)19-16-17-9-10-22-16/h4-7,9-10H,2-3,8,11H2,1H3,(H,17,19,21). The summed E-state index contributed by atoms with van der Waals surface area (Å²) in [6, 6.07) is 7.94. The number of fused-ring (bicyclic) bond motifs is 1. The summed E-state index contributed by atoms with van der Waals surface area (Å²) in [4.78, 5) is 21.0. The van der Waals surface area contributed by atoms with E-state index in [0.29, 0.717) is 5.13 Å². The molecular formula is C16H18N4OS. The van der Waals surface area contributed by atoms with Gasteiger partial charge in [-0.3, -0.25) is 4.79 Å². The highest BCUT2D eigenvalue weighted by molar-refractivity contribution is 7.13. The van der Waals surface area contributed by atoms with E-state index in [0.717, 1.165) is 36.1 Å². The third kappa shape index (κ3) is 3.17. The van der Waals surface area contributed by atoms with Gasteiger partial charge >= 0.3 is 0 Å². The van der Waals surface area contributed by atoms with Crippen molar-refractivity contribution in [2.45, 2.75) is 32.7 Å². The maximum Gasteiger partial charge on any atom is 0.246 e. The largest absolute Gasteiger partial charge is 0.318 e. The van der Waals surface area contributed by atoms with Crippen LogP contribution in [0.3, 0.4) is 0 Å². The molecule has 3 aromatic rings. The number of aromatic nitrogens is 3. The number of carbonyl (C=O) groups is 1. The lowest BCUT2D eigenvalue weighted by Crippen LogP contribution is -2.20. The van der Waals surface area contributed by atoms with Gasteiger partial charge in [0.15, 0.2) is 5.13 Å². The maximum atomic E-state index is 12.3. The molecule has 1 aromatic carbocycles. The third-order valence-electron chi connectivity index (χ3n) is 3.47. The minimum Gasteiger partial charge on any atom is -0.318 e. The quantitative estimate of drug-likeness (QED) is 0.758. The maximum absolute atomic E-state index is 12.3. The number of nitrogens with zero attached hydrogens (tertiary/aromatic N) is 3. The Labute approximate surface area is 133 Å². The van der Waals surface area contributed by atoms with E-state index in [-0.39, 0.29) is 12.5 Å². The molecule has 0 radical (unpaired) electrons. The van der Waals surface area contributed by atoms with Crippen molar-refractivity contribution in [2.24, 2.45) is 0 Å². The van der Waals surface area contributed by atoms with Crippen LogP contribution in [-0.4, -0.2) is 20.4 Å². The summed E-state index contributed by atoms with van der Waals surface area (Å²) >= 11 is 1.42. The van der Waals surface area contributed by atoms with E-state index in [2.05, 4.69) is 22.2 Å². The Morgan fingerprint density at radius 3 is 3.00 bits per heavy atom. The van der Waals surface area contributed by atoms with E-state index in [1.54, 1.807) is 6.20 Å². The number of para-hydroxylation sites is 2. The number of amides is 1. The molecule has 0 unspecified atom stereocenters. The van der Waals surface area contributed by atoms with Gasteiger partial charge in [0.25, 0.3) is 0 Å².